The molecule has 8 nitrogen and oxygen atoms in total. The number of carbonyl (C=O) groups excluding carboxylic acids is 2. The second-order valence-electron chi connectivity index (χ2n) is 4.49. The number of ether oxygens (including phenoxy) is 1. The minimum atomic E-state index is -0.436. The van der Waals surface area contributed by atoms with Crippen LogP contribution in [-0.2, 0) is 22.6 Å². The van der Waals surface area contributed by atoms with Gasteiger partial charge in [0.1, 0.15) is 13.2 Å². The average molecular weight is 263 g/mol. The molecular formula is C11H13N5O3. The van der Waals surface area contributed by atoms with Crippen molar-refractivity contribution in [3.05, 3.63) is 17.5 Å². The van der Waals surface area contributed by atoms with Crippen molar-refractivity contribution < 1.29 is 14.3 Å². The van der Waals surface area contributed by atoms with Crippen molar-refractivity contribution in [2.75, 3.05) is 25.4 Å². The molecule has 3 rings (SSSR count). The Morgan fingerprint density at radius 2 is 2.32 bits per heavy atom. The van der Waals surface area contributed by atoms with Crippen LogP contribution in [0.25, 0.3) is 0 Å². The zero-order valence-corrected chi connectivity index (χ0v) is 10.2. The van der Waals surface area contributed by atoms with Crippen LogP contribution in [0.5, 0.6) is 0 Å². The summed E-state index contributed by atoms with van der Waals surface area (Å²) in [4.78, 5) is 34.4. The first-order valence-electron chi connectivity index (χ1n) is 5.93. The number of hydrogen-bond donors (Lipinski definition) is 1. The van der Waals surface area contributed by atoms with Crippen LogP contribution in [0.15, 0.2) is 6.20 Å². The number of fused-ring (bicyclic) bond motifs is 1. The summed E-state index contributed by atoms with van der Waals surface area (Å²) in [5.74, 6) is 0.0755. The van der Waals surface area contributed by atoms with Crippen LogP contribution in [0.2, 0.25) is 0 Å². The molecule has 1 aromatic rings. The quantitative estimate of drug-likeness (QED) is 0.761. The Morgan fingerprint density at radius 1 is 1.47 bits per heavy atom. The van der Waals surface area contributed by atoms with E-state index in [1.165, 1.54) is 4.90 Å². The molecule has 19 heavy (non-hydrogen) atoms. The summed E-state index contributed by atoms with van der Waals surface area (Å²) in [7, 11) is 0. The molecule has 100 valence electrons. The Balaban J connectivity index is 1.65. The molecule has 1 aromatic heterocycles. The van der Waals surface area contributed by atoms with Gasteiger partial charge in [-0.25, -0.2) is 14.8 Å². The molecule has 0 bridgehead atoms. The first kappa shape index (κ1) is 11.7. The van der Waals surface area contributed by atoms with E-state index in [1.54, 1.807) is 11.1 Å². The summed E-state index contributed by atoms with van der Waals surface area (Å²) < 4.78 is 4.78. The summed E-state index contributed by atoms with van der Waals surface area (Å²) in [6.07, 6.45) is 1.20. The highest BCUT2D eigenvalue weighted by molar-refractivity contribution is 5.83. The number of anilines is 1. The first-order valence-corrected chi connectivity index (χ1v) is 5.93. The molecule has 0 radical (unpaired) electrons. The van der Waals surface area contributed by atoms with Gasteiger partial charge in [0, 0.05) is 18.3 Å². The molecule has 0 atom stereocenters. The zero-order valence-electron chi connectivity index (χ0n) is 10.2. The number of amides is 2. The predicted molar refractivity (Wildman–Crippen MR) is 63.6 cm³/mol. The normalized spacial score (nSPS) is 17.6. The second-order valence-corrected chi connectivity index (χ2v) is 4.49. The van der Waals surface area contributed by atoms with Crippen LogP contribution < -0.4 is 5.73 Å². The van der Waals surface area contributed by atoms with E-state index in [-0.39, 0.29) is 18.4 Å². The van der Waals surface area contributed by atoms with Gasteiger partial charge in [-0.15, -0.1) is 0 Å². The highest BCUT2D eigenvalue weighted by atomic mass is 16.6. The van der Waals surface area contributed by atoms with E-state index in [9.17, 15) is 9.59 Å². The van der Waals surface area contributed by atoms with Crippen LogP contribution in [0.4, 0.5) is 10.7 Å². The van der Waals surface area contributed by atoms with E-state index in [1.807, 2.05) is 0 Å². The molecular weight excluding hydrogens is 250 g/mol. The van der Waals surface area contributed by atoms with E-state index >= 15 is 0 Å². The molecule has 3 heterocycles. The monoisotopic (exact) mass is 263 g/mol. The fourth-order valence-corrected chi connectivity index (χ4v) is 2.18. The molecule has 2 aliphatic rings. The van der Waals surface area contributed by atoms with E-state index in [4.69, 9.17) is 10.5 Å². The molecule has 0 unspecified atom stereocenters. The Bertz CT molecular complexity index is 547. The molecule has 0 saturated carbocycles. The fourth-order valence-electron chi connectivity index (χ4n) is 2.18. The van der Waals surface area contributed by atoms with Crippen LogP contribution in [0, 0.1) is 0 Å². The van der Waals surface area contributed by atoms with Crippen LogP contribution in [0.1, 0.15) is 11.3 Å². The van der Waals surface area contributed by atoms with Gasteiger partial charge in [0.2, 0.25) is 11.9 Å². The summed E-state index contributed by atoms with van der Waals surface area (Å²) in [6.45, 7) is 1.70. The number of hydrogen-bond acceptors (Lipinski definition) is 6. The molecule has 2 N–H and O–H groups in total. The highest BCUT2D eigenvalue weighted by Gasteiger charge is 2.29. The lowest BCUT2D eigenvalue weighted by Crippen LogP contribution is -2.38. The minimum absolute atomic E-state index is 0.0374. The number of aromatic nitrogens is 2. The van der Waals surface area contributed by atoms with Gasteiger partial charge in [-0.05, 0) is 0 Å². The second kappa shape index (κ2) is 4.38. The van der Waals surface area contributed by atoms with E-state index in [0.29, 0.717) is 26.2 Å². The van der Waals surface area contributed by atoms with Gasteiger partial charge in [0.15, 0.2) is 0 Å². The molecule has 2 aliphatic heterocycles. The number of nitrogens with zero attached hydrogens (tertiary/aromatic N) is 4. The molecule has 2 amide bonds. The predicted octanol–water partition coefficient (Wildman–Crippen LogP) is -0.647. The van der Waals surface area contributed by atoms with Crippen molar-refractivity contribution in [1.82, 2.24) is 19.8 Å². The lowest BCUT2D eigenvalue weighted by molar-refractivity contribution is -0.132. The number of nitrogens with two attached hydrogens (primary N) is 1. The van der Waals surface area contributed by atoms with Crippen molar-refractivity contribution in [3.63, 3.8) is 0 Å². The van der Waals surface area contributed by atoms with Gasteiger partial charge in [-0.2, -0.15) is 0 Å². The molecule has 8 heteroatoms. The molecule has 0 aliphatic carbocycles. The standard InChI is InChI=1S/C11H13N5O3/c12-10-13-3-7-4-16(5-8(7)14-10)9(17)6-15-1-2-19-11(15)18/h3H,1-2,4-6H2,(H2,12,13,14). The van der Waals surface area contributed by atoms with Gasteiger partial charge in [-0.3, -0.25) is 9.69 Å². The average Bonchev–Trinajstić information content (AvgIpc) is 2.96. The third-order valence-electron chi connectivity index (χ3n) is 3.20. The molecule has 1 fully saturated rings. The van der Waals surface area contributed by atoms with Crippen molar-refractivity contribution in [1.29, 1.82) is 0 Å². The van der Waals surface area contributed by atoms with Crippen LogP contribution in [-0.4, -0.2) is 51.5 Å². The lowest BCUT2D eigenvalue weighted by Gasteiger charge is -2.18. The van der Waals surface area contributed by atoms with Crippen molar-refractivity contribution in [2.24, 2.45) is 0 Å². The van der Waals surface area contributed by atoms with E-state index in [2.05, 4.69) is 9.97 Å². The minimum Gasteiger partial charge on any atom is -0.448 e. The van der Waals surface area contributed by atoms with E-state index in [0.717, 1.165) is 11.3 Å². The number of rotatable bonds is 2. The Hall–Kier alpha value is -2.38. The Morgan fingerprint density at radius 3 is 3.05 bits per heavy atom. The van der Waals surface area contributed by atoms with Gasteiger partial charge in [0.25, 0.3) is 0 Å². The first-order chi connectivity index (χ1) is 9.13. The smallest absolute Gasteiger partial charge is 0.410 e. The summed E-state index contributed by atoms with van der Waals surface area (Å²) >= 11 is 0. The maximum atomic E-state index is 12.1. The third-order valence-corrected chi connectivity index (χ3v) is 3.20. The Kier molecular flexibility index (Phi) is 2.69. The summed E-state index contributed by atoms with van der Waals surface area (Å²) in [5, 5.41) is 0. The third kappa shape index (κ3) is 2.16. The Labute approximate surface area is 109 Å². The summed E-state index contributed by atoms with van der Waals surface area (Å²) in [6, 6.07) is 0. The van der Waals surface area contributed by atoms with Crippen LogP contribution >= 0.6 is 0 Å². The molecule has 1 saturated heterocycles. The number of cyclic esters (lactones) is 1. The van der Waals surface area contributed by atoms with E-state index < -0.39 is 6.09 Å². The SMILES string of the molecule is Nc1ncc2c(n1)CN(C(=O)CN1CCOC1=O)C2. The fraction of sp³-hybridized carbons (Fsp3) is 0.455. The highest BCUT2D eigenvalue weighted by Crippen LogP contribution is 2.21. The molecule has 0 aromatic carbocycles. The maximum absolute atomic E-state index is 12.1. The number of nitrogen functional groups attached to an aromatic ring is 1. The van der Waals surface area contributed by atoms with Crippen molar-refractivity contribution in [2.45, 2.75) is 13.1 Å². The maximum Gasteiger partial charge on any atom is 0.410 e. The van der Waals surface area contributed by atoms with Gasteiger partial charge >= 0.3 is 6.09 Å². The van der Waals surface area contributed by atoms with Crippen molar-refractivity contribution >= 4 is 17.9 Å². The summed E-state index contributed by atoms with van der Waals surface area (Å²) in [5.41, 5.74) is 7.17. The molecule has 0 spiro atoms. The van der Waals surface area contributed by atoms with Gasteiger partial charge < -0.3 is 15.4 Å². The largest absolute Gasteiger partial charge is 0.448 e. The van der Waals surface area contributed by atoms with Crippen LogP contribution in [0.3, 0.4) is 0 Å². The number of carbonyl (C=O) groups is 2. The van der Waals surface area contributed by atoms with Gasteiger partial charge in [0.05, 0.1) is 18.8 Å². The zero-order chi connectivity index (χ0) is 13.4. The van der Waals surface area contributed by atoms with Gasteiger partial charge in [-0.1, -0.05) is 0 Å². The lowest BCUT2D eigenvalue weighted by atomic mass is 10.3. The topological polar surface area (TPSA) is 102 Å². The van der Waals surface area contributed by atoms with Crippen molar-refractivity contribution in [3.8, 4) is 0 Å².